The molecule has 1 aliphatic heterocycles. The van der Waals surface area contributed by atoms with Crippen LogP contribution < -0.4 is 5.32 Å². The molecule has 62 valence electrons. The van der Waals surface area contributed by atoms with E-state index in [0.717, 1.165) is 18.9 Å². The van der Waals surface area contributed by atoms with E-state index < -0.39 is 0 Å². The summed E-state index contributed by atoms with van der Waals surface area (Å²) >= 11 is 0. The average molecular weight is 153 g/mol. The Morgan fingerprint density at radius 2 is 2.45 bits per heavy atom. The molecule has 2 rings (SSSR count). The molecule has 2 nitrogen and oxygen atoms in total. The molecule has 0 radical (unpaired) electrons. The van der Waals surface area contributed by atoms with E-state index in [1.807, 2.05) is 0 Å². The van der Waals surface area contributed by atoms with Gasteiger partial charge in [-0.05, 0) is 18.8 Å². The first-order valence-electron chi connectivity index (χ1n) is 4.42. The minimum Gasteiger partial charge on any atom is -0.355 e. The van der Waals surface area contributed by atoms with Crippen molar-refractivity contribution in [3.63, 3.8) is 0 Å². The summed E-state index contributed by atoms with van der Waals surface area (Å²) < 4.78 is 0. The van der Waals surface area contributed by atoms with Crippen molar-refractivity contribution in [2.24, 2.45) is 17.3 Å². The van der Waals surface area contributed by atoms with E-state index in [-0.39, 0.29) is 0 Å². The first kappa shape index (κ1) is 7.14. The average Bonchev–Trinajstić information content (AvgIpc) is 2.51. The van der Waals surface area contributed by atoms with Crippen LogP contribution in [0.25, 0.3) is 0 Å². The summed E-state index contributed by atoms with van der Waals surface area (Å²) in [7, 11) is 0. The molecule has 1 N–H and O–H groups in total. The van der Waals surface area contributed by atoms with E-state index in [1.54, 1.807) is 0 Å². The molecule has 2 heteroatoms. The van der Waals surface area contributed by atoms with Crippen molar-refractivity contribution in [1.82, 2.24) is 5.32 Å². The highest BCUT2D eigenvalue weighted by Crippen LogP contribution is 2.59. The summed E-state index contributed by atoms with van der Waals surface area (Å²) in [6.07, 6.45) is 2.37. The molecule has 2 atom stereocenters. The molecule has 1 aliphatic carbocycles. The van der Waals surface area contributed by atoms with Gasteiger partial charge in [0.2, 0.25) is 5.91 Å². The molecule has 0 aromatic heterocycles. The molecule has 1 amide bonds. The van der Waals surface area contributed by atoms with Crippen LogP contribution in [0.1, 0.15) is 26.7 Å². The lowest BCUT2D eigenvalue weighted by molar-refractivity contribution is -0.120. The molecule has 0 bridgehead atoms. The number of nitrogens with one attached hydrogen (secondary N) is 1. The number of fused-ring (bicyclic) bond motifs is 1. The molecular weight excluding hydrogens is 138 g/mol. The molecule has 2 unspecified atom stereocenters. The Balaban J connectivity index is 2.01. The molecule has 2 aliphatic rings. The topological polar surface area (TPSA) is 29.1 Å². The Labute approximate surface area is 67.4 Å². The summed E-state index contributed by atoms with van der Waals surface area (Å²) in [5, 5.41) is 2.93. The van der Waals surface area contributed by atoms with Crippen LogP contribution in [0.3, 0.4) is 0 Å². The summed E-state index contributed by atoms with van der Waals surface area (Å²) in [5.74, 6) is 1.41. The monoisotopic (exact) mass is 153 g/mol. The second-order valence-corrected chi connectivity index (χ2v) is 4.43. The third kappa shape index (κ3) is 0.959. The fourth-order valence-electron chi connectivity index (χ4n) is 2.41. The predicted molar refractivity (Wildman–Crippen MR) is 43.0 cm³/mol. The maximum Gasteiger partial charge on any atom is 0.223 e. The highest BCUT2D eigenvalue weighted by atomic mass is 16.2. The van der Waals surface area contributed by atoms with E-state index in [2.05, 4.69) is 19.2 Å². The van der Waals surface area contributed by atoms with Crippen LogP contribution in [0.4, 0.5) is 0 Å². The molecule has 1 saturated heterocycles. The zero-order chi connectivity index (χ0) is 8.06. The largest absolute Gasteiger partial charge is 0.355 e. The van der Waals surface area contributed by atoms with E-state index in [0.29, 0.717) is 17.2 Å². The first-order chi connectivity index (χ1) is 5.14. The van der Waals surface area contributed by atoms with Crippen LogP contribution in [0.15, 0.2) is 0 Å². The maximum atomic E-state index is 11.1. The second kappa shape index (κ2) is 1.99. The van der Waals surface area contributed by atoms with Crippen molar-refractivity contribution in [3.05, 3.63) is 0 Å². The van der Waals surface area contributed by atoms with Gasteiger partial charge in [0.05, 0.1) is 0 Å². The number of amides is 1. The van der Waals surface area contributed by atoms with Crippen LogP contribution in [-0.4, -0.2) is 12.5 Å². The van der Waals surface area contributed by atoms with Crippen molar-refractivity contribution >= 4 is 5.91 Å². The molecule has 1 saturated carbocycles. The number of rotatable bonds is 2. The molecule has 1 heterocycles. The van der Waals surface area contributed by atoms with Gasteiger partial charge in [-0.1, -0.05) is 13.8 Å². The minimum absolute atomic E-state index is 0.297. The number of carbonyl (C=O) groups excluding carboxylic acids is 1. The number of hydrogen-bond acceptors (Lipinski definition) is 1. The van der Waals surface area contributed by atoms with E-state index in [4.69, 9.17) is 0 Å². The third-order valence-corrected chi connectivity index (χ3v) is 2.94. The quantitative estimate of drug-likeness (QED) is 0.634. The van der Waals surface area contributed by atoms with Crippen molar-refractivity contribution in [1.29, 1.82) is 0 Å². The smallest absolute Gasteiger partial charge is 0.223 e. The summed E-state index contributed by atoms with van der Waals surface area (Å²) in [5.41, 5.74) is 0.394. The predicted octanol–water partition coefficient (Wildman–Crippen LogP) is 1.17. The number of carbonyl (C=O) groups is 1. The maximum absolute atomic E-state index is 11.1. The van der Waals surface area contributed by atoms with Gasteiger partial charge in [-0.3, -0.25) is 4.79 Å². The lowest BCUT2D eigenvalue weighted by Gasteiger charge is -2.12. The van der Waals surface area contributed by atoms with Gasteiger partial charge in [-0.25, -0.2) is 0 Å². The molecule has 0 aromatic rings. The van der Waals surface area contributed by atoms with Gasteiger partial charge in [0.1, 0.15) is 0 Å². The van der Waals surface area contributed by atoms with Crippen molar-refractivity contribution in [3.8, 4) is 0 Å². The fraction of sp³-hybridized carbons (Fsp3) is 0.889. The number of hydrogen-bond donors (Lipinski definition) is 1. The van der Waals surface area contributed by atoms with Crippen LogP contribution in [0.5, 0.6) is 0 Å². The fourth-order valence-corrected chi connectivity index (χ4v) is 2.41. The number of piperidine rings is 1. The van der Waals surface area contributed by atoms with E-state index in [9.17, 15) is 4.79 Å². The van der Waals surface area contributed by atoms with Crippen molar-refractivity contribution in [2.45, 2.75) is 26.7 Å². The molecule has 0 spiro atoms. The van der Waals surface area contributed by atoms with Crippen LogP contribution in [0, 0.1) is 17.3 Å². The van der Waals surface area contributed by atoms with Gasteiger partial charge in [-0.15, -0.1) is 0 Å². The summed E-state index contributed by atoms with van der Waals surface area (Å²) in [6, 6.07) is 0. The van der Waals surface area contributed by atoms with Crippen LogP contribution in [0.2, 0.25) is 0 Å². The van der Waals surface area contributed by atoms with Gasteiger partial charge in [-0.2, -0.15) is 0 Å². The summed E-state index contributed by atoms with van der Waals surface area (Å²) in [4.78, 5) is 11.1. The molecule has 2 fully saturated rings. The highest BCUT2D eigenvalue weighted by molar-refractivity contribution is 5.85. The lowest BCUT2D eigenvalue weighted by Crippen LogP contribution is -2.21. The molecule has 0 aromatic carbocycles. The minimum atomic E-state index is 0.297. The Morgan fingerprint density at radius 3 is 2.82 bits per heavy atom. The normalized spacial score (nSPS) is 40.6. The van der Waals surface area contributed by atoms with Gasteiger partial charge >= 0.3 is 0 Å². The van der Waals surface area contributed by atoms with Crippen LogP contribution >= 0.6 is 0 Å². The van der Waals surface area contributed by atoms with Gasteiger partial charge in [0, 0.05) is 17.9 Å². The Morgan fingerprint density at radius 1 is 1.73 bits per heavy atom. The highest BCUT2D eigenvalue weighted by Gasteiger charge is 2.61. The zero-order valence-corrected chi connectivity index (χ0v) is 7.18. The second-order valence-electron chi connectivity index (χ2n) is 4.43. The lowest BCUT2D eigenvalue weighted by atomic mass is 9.94. The van der Waals surface area contributed by atoms with Crippen molar-refractivity contribution in [2.75, 3.05) is 6.54 Å². The van der Waals surface area contributed by atoms with E-state index in [1.165, 1.54) is 6.42 Å². The Kier molecular flexibility index (Phi) is 1.29. The Bertz CT molecular complexity index is 200. The molecule has 11 heavy (non-hydrogen) atoms. The third-order valence-electron chi connectivity index (χ3n) is 2.94. The Hall–Kier alpha value is -0.530. The van der Waals surface area contributed by atoms with Gasteiger partial charge < -0.3 is 5.32 Å². The van der Waals surface area contributed by atoms with E-state index >= 15 is 0 Å². The van der Waals surface area contributed by atoms with Gasteiger partial charge in [0.25, 0.3) is 0 Å². The first-order valence-corrected chi connectivity index (χ1v) is 4.42. The van der Waals surface area contributed by atoms with Crippen LogP contribution in [-0.2, 0) is 4.79 Å². The molecular formula is C9H15NO. The van der Waals surface area contributed by atoms with Gasteiger partial charge in [0.15, 0.2) is 0 Å². The van der Waals surface area contributed by atoms with Crippen molar-refractivity contribution < 1.29 is 4.79 Å². The SMILES string of the molecule is CC(C)CC12CNC(=O)C1C2. The zero-order valence-electron chi connectivity index (χ0n) is 7.18. The summed E-state index contributed by atoms with van der Waals surface area (Å²) in [6.45, 7) is 5.40. The standard InChI is InChI=1S/C9H15NO/c1-6(2)3-9-4-7(9)8(11)10-5-9/h6-7H,3-5H2,1-2H3,(H,10,11).